The molecule has 0 bridgehead atoms. The van der Waals surface area contributed by atoms with E-state index in [1.165, 1.54) is 23.1 Å². The van der Waals surface area contributed by atoms with Crippen molar-refractivity contribution in [1.82, 2.24) is 4.90 Å². The van der Waals surface area contributed by atoms with E-state index in [9.17, 15) is 18.7 Å². The van der Waals surface area contributed by atoms with Crippen molar-refractivity contribution in [3.63, 3.8) is 0 Å². The van der Waals surface area contributed by atoms with Gasteiger partial charge >= 0.3 is 12.3 Å². The first-order chi connectivity index (χ1) is 9.93. The summed E-state index contributed by atoms with van der Waals surface area (Å²) in [5.41, 5.74) is 0.320. The van der Waals surface area contributed by atoms with E-state index in [2.05, 4.69) is 14.8 Å². The fourth-order valence-corrected chi connectivity index (χ4v) is 2.37. The number of hydrogen-bond acceptors (Lipinski definition) is 4. The molecular weight excluding hydrogens is 286 g/mol. The molecule has 1 fully saturated rings. The lowest BCUT2D eigenvalue weighted by molar-refractivity contribution is -0.286. The van der Waals surface area contributed by atoms with Crippen molar-refractivity contribution >= 4 is 11.7 Å². The first kappa shape index (κ1) is 13.9. The molecule has 2 aliphatic rings. The number of nitrogens with one attached hydrogen (secondary N) is 1. The smallest absolute Gasteiger partial charge is 0.395 e. The van der Waals surface area contributed by atoms with E-state index >= 15 is 0 Å². The van der Waals surface area contributed by atoms with Crippen molar-refractivity contribution < 1.29 is 28.2 Å². The van der Waals surface area contributed by atoms with Gasteiger partial charge in [0.2, 0.25) is 0 Å². The molecule has 0 saturated carbocycles. The summed E-state index contributed by atoms with van der Waals surface area (Å²) in [5, 5.41) is 12.1. The number of likely N-dealkylation sites (tertiary alicyclic amines) is 1. The molecule has 21 heavy (non-hydrogen) atoms. The molecule has 0 radical (unpaired) electrons. The number of anilines is 1. The average molecular weight is 300 g/mol. The predicted molar refractivity (Wildman–Crippen MR) is 68.5 cm³/mol. The van der Waals surface area contributed by atoms with Crippen molar-refractivity contribution in [1.29, 1.82) is 0 Å². The van der Waals surface area contributed by atoms with Crippen molar-refractivity contribution in [2.75, 3.05) is 18.4 Å². The zero-order valence-corrected chi connectivity index (χ0v) is 11.0. The van der Waals surface area contributed by atoms with Gasteiger partial charge in [0.1, 0.15) is 0 Å². The summed E-state index contributed by atoms with van der Waals surface area (Å²) < 4.78 is 34.4. The number of aliphatic hydroxyl groups is 1. The van der Waals surface area contributed by atoms with E-state index in [1.54, 1.807) is 0 Å². The summed E-state index contributed by atoms with van der Waals surface area (Å²) in [7, 11) is 0. The maximum absolute atomic E-state index is 12.9. The van der Waals surface area contributed by atoms with Gasteiger partial charge in [-0.05, 0) is 25.0 Å². The number of β-amino-alcohol motifs (C(OH)–C–C–N with tert-alkyl or cyclic N) is 1. The maximum atomic E-state index is 12.9. The van der Waals surface area contributed by atoms with Crippen LogP contribution >= 0.6 is 0 Å². The van der Waals surface area contributed by atoms with Gasteiger partial charge in [-0.1, -0.05) is 0 Å². The molecule has 3 rings (SSSR count). The van der Waals surface area contributed by atoms with Crippen LogP contribution in [-0.2, 0) is 0 Å². The van der Waals surface area contributed by atoms with Gasteiger partial charge in [0.25, 0.3) is 0 Å². The predicted octanol–water partition coefficient (Wildman–Crippen LogP) is 2.00. The van der Waals surface area contributed by atoms with Crippen LogP contribution in [0.5, 0.6) is 11.5 Å². The zero-order chi connectivity index (χ0) is 15.0. The molecule has 0 aromatic heterocycles. The van der Waals surface area contributed by atoms with E-state index in [1.807, 2.05) is 0 Å². The highest BCUT2D eigenvalue weighted by atomic mass is 19.3. The van der Waals surface area contributed by atoms with E-state index in [0.29, 0.717) is 18.7 Å². The second kappa shape index (κ2) is 5.03. The lowest BCUT2D eigenvalue weighted by Crippen LogP contribution is -2.44. The number of hydrogen-bond donors (Lipinski definition) is 2. The van der Waals surface area contributed by atoms with Crippen LogP contribution in [0.15, 0.2) is 18.2 Å². The second-order valence-corrected chi connectivity index (χ2v) is 5.00. The van der Waals surface area contributed by atoms with Gasteiger partial charge in [-0.25, -0.2) is 4.79 Å². The maximum Gasteiger partial charge on any atom is 0.586 e. The van der Waals surface area contributed by atoms with E-state index in [0.717, 1.165) is 6.42 Å². The first-order valence-corrected chi connectivity index (χ1v) is 6.57. The second-order valence-electron chi connectivity index (χ2n) is 5.00. The molecule has 1 aromatic carbocycles. The third-order valence-electron chi connectivity index (χ3n) is 3.34. The van der Waals surface area contributed by atoms with E-state index < -0.39 is 12.4 Å². The van der Waals surface area contributed by atoms with Crippen molar-refractivity contribution in [2.24, 2.45) is 0 Å². The van der Waals surface area contributed by atoms with Gasteiger partial charge in [0.05, 0.1) is 6.10 Å². The van der Waals surface area contributed by atoms with Gasteiger partial charge < -0.3 is 24.8 Å². The zero-order valence-electron chi connectivity index (χ0n) is 11.0. The standard InChI is InChI=1S/C13H14F2N2O4/c14-13(15)20-10-4-3-8(6-11(10)21-13)16-12(19)17-5-1-2-9(18)7-17/h3-4,6,9,18H,1-2,5,7H2,(H,16,19)/t9-/m1/s1. The Morgan fingerprint density at radius 3 is 2.90 bits per heavy atom. The molecule has 2 aliphatic heterocycles. The molecule has 2 heterocycles. The Labute approximate surface area is 119 Å². The number of benzene rings is 1. The number of fused-ring (bicyclic) bond motifs is 1. The number of amides is 2. The molecule has 0 aliphatic carbocycles. The van der Waals surface area contributed by atoms with Crippen molar-refractivity contribution in [3.8, 4) is 11.5 Å². The number of alkyl halides is 2. The minimum absolute atomic E-state index is 0.0774. The van der Waals surface area contributed by atoms with Crippen LogP contribution in [0.3, 0.4) is 0 Å². The van der Waals surface area contributed by atoms with Crippen molar-refractivity contribution in [3.05, 3.63) is 18.2 Å². The van der Waals surface area contributed by atoms with Crippen LogP contribution < -0.4 is 14.8 Å². The molecular formula is C13H14F2N2O4. The average Bonchev–Trinajstić information content (AvgIpc) is 2.72. The lowest BCUT2D eigenvalue weighted by atomic mass is 10.1. The Morgan fingerprint density at radius 1 is 1.38 bits per heavy atom. The van der Waals surface area contributed by atoms with Gasteiger partial charge in [-0.2, -0.15) is 0 Å². The Hall–Kier alpha value is -2.09. The molecule has 114 valence electrons. The van der Waals surface area contributed by atoms with Crippen LogP contribution in [0.2, 0.25) is 0 Å². The highest BCUT2D eigenvalue weighted by Crippen LogP contribution is 2.42. The summed E-state index contributed by atoms with van der Waals surface area (Å²) in [6.45, 7) is 0.806. The topological polar surface area (TPSA) is 71.0 Å². The van der Waals surface area contributed by atoms with Crippen LogP contribution in [0.25, 0.3) is 0 Å². The Bertz CT molecular complexity index is 567. The quantitative estimate of drug-likeness (QED) is 0.832. The fraction of sp³-hybridized carbons (Fsp3) is 0.462. The van der Waals surface area contributed by atoms with Crippen LogP contribution in [-0.4, -0.2) is 41.5 Å². The molecule has 1 atom stereocenters. The minimum atomic E-state index is -3.68. The number of carbonyl (C=O) groups excluding carboxylic acids is 1. The monoisotopic (exact) mass is 300 g/mol. The summed E-state index contributed by atoms with van der Waals surface area (Å²) in [6, 6.07) is 3.63. The van der Waals surface area contributed by atoms with Crippen LogP contribution in [0, 0.1) is 0 Å². The van der Waals surface area contributed by atoms with Crippen LogP contribution in [0.4, 0.5) is 19.3 Å². The number of nitrogens with zero attached hydrogens (tertiary/aromatic N) is 1. The number of ether oxygens (including phenoxy) is 2. The summed E-state index contributed by atoms with van der Waals surface area (Å²) in [5.74, 6) is -0.206. The molecule has 1 saturated heterocycles. The summed E-state index contributed by atoms with van der Waals surface area (Å²) >= 11 is 0. The van der Waals surface area contributed by atoms with Crippen LogP contribution in [0.1, 0.15) is 12.8 Å². The third-order valence-corrected chi connectivity index (χ3v) is 3.34. The molecule has 6 nitrogen and oxygen atoms in total. The summed E-state index contributed by atoms with van der Waals surface area (Å²) in [4.78, 5) is 13.5. The SMILES string of the molecule is O=C(Nc1ccc2c(c1)OC(F)(F)O2)N1CCC[C@@H](O)C1. The van der Waals surface area contributed by atoms with Gasteiger partial charge in [0.15, 0.2) is 11.5 Å². The fourth-order valence-electron chi connectivity index (χ4n) is 2.37. The number of aliphatic hydroxyl groups excluding tert-OH is 1. The Balaban J connectivity index is 1.67. The van der Waals surface area contributed by atoms with Gasteiger partial charge in [-0.3, -0.25) is 0 Å². The first-order valence-electron chi connectivity index (χ1n) is 6.57. The Morgan fingerprint density at radius 2 is 2.14 bits per heavy atom. The Kier molecular flexibility index (Phi) is 3.32. The molecule has 0 spiro atoms. The van der Waals surface area contributed by atoms with E-state index in [4.69, 9.17) is 0 Å². The summed E-state index contributed by atoms with van der Waals surface area (Å²) in [6.07, 6.45) is -2.81. The number of piperidine rings is 1. The van der Waals surface area contributed by atoms with Gasteiger partial charge in [-0.15, -0.1) is 8.78 Å². The molecule has 1 aromatic rings. The van der Waals surface area contributed by atoms with E-state index in [-0.39, 0.29) is 24.1 Å². The number of rotatable bonds is 1. The third kappa shape index (κ3) is 2.99. The molecule has 0 unspecified atom stereocenters. The van der Waals surface area contributed by atoms with Gasteiger partial charge in [0, 0.05) is 24.8 Å². The molecule has 8 heteroatoms. The number of carbonyl (C=O) groups is 1. The number of halogens is 2. The number of urea groups is 1. The lowest BCUT2D eigenvalue weighted by Gasteiger charge is -2.30. The highest BCUT2D eigenvalue weighted by molar-refractivity contribution is 5.89. The van der Waals surface area contributed by atoms with Crippen molar-refractivity contribution in [2.45, 2.75) is 25.2 Å². The highest BCUT2D eigenvalue weighted by Gasteiger charge is 2.43. The molecule has 2 N–H and O–H groups in total. The minimum Gasteiger partial charge on any atom is -0.395 e. The normalized spacial score (nSPS) is 23.0. The largest absolute Gasteiger partial charge is 0.586 e. The molecule has 2 amide bonds.